The van der Waals surface area contributed by atoms with Gasteiger partial charge in [0.2, 0.25) is 0 Å². The van der Waals surface area contributed by atoms with Gasteiger partial charge in [0.1, 0.15) is 0 Å². The summed E-state index contributed by atoms with van der Waals surface area (Å²) in [4.78, 5) is 20.1. The largest absolute Gasteiger partial charge is 2.00 e. The number of rotatable bonds is 0. The Labute approximate surface area is 210 Å². The van der Waals surface area contributed by atoms with Crippen molar-refractivity contribution < 1.29 is 20.4 Å². The molecule has 0 atom stereocenters. The van der Waals surface area contributed by atoms with E-state index in [1.54, 1.807) is 0 Å². The Morgan fingerprint density at radius 1 is 0.697 bits per heavy atom. The van der Waals surface area contributed by atoms with Gasteiger partial charge in [0, 0.05) is 23.2 Å². The first-order valence-corrected chi connectivity index (χ1v) is 11.5. The summed E-state index contributed by atoms with van der Waals surface area (Å²) >= 11 is 0. The van der Waals surface area contributed by atoms with Crippen LogP contribution >= 0.6 is 0 Å². The van der Waals surface area contributed by atoms with E-state index in [1.807, 2.05) is 0 Å². The average Bonchev–Trinajstić information content (AvgIpc) is 3.32. The normalized spacial score (nSPS) is 17.6. The molecule has 4 nitrogen and oxygen atoms in total. The molecule has 3 aliphatic heterocycles. The van der Waals surface area contributed by atoms with Gasteiger partial charge in [-0.2, -0.15) is 11.4 Å². The molecule has 0 saturated carbocycles. The van der Waals surface area contributed by atoms with Crippen molar-refractivity contribution in [2.24, 2.45) is 0 Å². The maximum absolute atomic E-state index is 5.06. The van der Waals surface area contributed by atoms with Crippen molar-refractivity contribution in [1.29, 1.82) is 0 Å². The van der Waals surface area contributed by atoms with Crippen LogP contribution in [0.15, 0.2) is 24.3 Å². The van der Waals surface area contributed by atoms with Crippen LogP contribution in [0.25, 0.3) is 22.2 Å². The number of fused-ring (bicyclic) bond motifs is 8. The van der Waals surface area contributed by atoms with E-state index < -0.39 is 0 Å². The Hall–Kier alpha value is -2.22. The summed E-state index contributed by atoms with van der Waals surface area (Å²) in [5.74, 6) is 0. The van der Waals surface area contributed by atoms with Gasteiger partial charge < -0.3 is 9.97 Å². The molecule has 8 bridgehead atoms. The van der Waals surface area contributed by atoms with E-state index >= 15 is 0 Å². The monoisotopic (exact) mass is 530 g/mol. The van der Waals surface area contributed by atoms with Gasteiger partial charge in [-0.1, -0.05) is 63.1 Å². The second-order valence-electron chi connectivity index (χ2n) is 10.9. The molecular weight excluding hydrogens is 499 g/mol. The first-order valence-electron chi connectivity index (χ1n) is 11.5. The molecule has 0 aliphatic carbocycles. The zero-order valence-electron chi connectivity index (χ0n) is 20.8. The quantitative estimate of drug-likeness (QED) is 0.398. The topological polar surface area (TPSA) is 54.0 Å². The van der Waals surface area contributed by atoms with E-state index in [4.69, 9.17) is 19.9 Å². The predicted octanol–water partition coefficient (Wildman–Crippen LogP) is 5.90. The van der Waals surface area contributed by atoms with Crippen molar-refractivity contribution in [3.05, 3.63) is 69.6 Å². The summed E-state index contributed by atoms with van der Waals surface area (Å²) < 4.78 is 0. The molecule has 5 rings (SSSR count). The average molecular weight is 531 g/mol. The van der Waals surface area contributed by atoms with Gasteiger partial charge >= 0.3 is 20.4 Å². The van der Waals surface area contributed by atoms with Crippen LogP contribution in [0.2, 0.25) is 0 Å². The van der Waals surface area contributed by atoms with E-state index in [1.165, 1.54) is 22.3 Å². The van der Waals surface area contributed by atoms with Gasteiger partial charge in [-0.25, -0.2) is 4.98 Å². The molecule has 0 saturated heterocycles. The van der Waals surface area contributed by atoms with Crippen LogP contribution in [0.1, 0.15) is 86.8 Å². The number of nitrogens with zero attached hydrogens (tertiary/aromatic N) is 4. The Kier molecular flexibility index (Phi) is 5.75. The fourth-order valence-electron chi connectivity index (χ4n) is 4.90. The van der Waals surface area contributed by atoms with Crippen molar-refractivity contribution in [2.75, 3.05) is 0 Å². The maximum atomic E-state index is 5.06. The van der Waals surface area contributed by atoms with Crippen LogP contribution in [0.3, 0.4) is 0 Å². The molecule has 2 aromatic rings. The molecule has 0 unspecified atom stereocenters. The number of hydrogen-bond acceptors (Lipinski definition) is 2. The van der Waals surface area contributed by atoms with Gasteiger partial charge in [0.05, 0.1) is 11.4 Å². The van der Waals surface area contributed by atoms with Crippen LogP contribution < -0.4 is 9.97 Å². The van der Waals surface area contributed by atoms with Crippen LogP contribution in [0.4, 0.5) is 0 Å². The third kappa shape index (κ3) is 4.00. The van der Waals surface area contributed by atoms with Gasteiger partial charge in [-0.05, 0) is 50.7 Å². The predicted molar refractivity (Wildman–Crippen MR) is 131 cm³/mol. The zero-order chi connectivity index (χ0) is 23.0. The van der Waals surface area contributed by atoms with Crippen molar-refractivity contribution in [2.45, 2.75) is 79.1 Å². The zero-order valence-corrected chi connectivity index (χ0v) is 22.4. The van der Waals surface area contributed by atoms with Gasteiger partial charge in [-0.3, -0.25) is 4.98 Å². The molecule has 33 heavy (non-hydrogen) atoms. The summed E-state index contributed by atoms with van der Waals surface area (Å²) in [6.45, 7) is 17.7. The molecule has 174 valence electrons. The fourth-order valence-corrected chi connectivity index (χ4v) is 4.90. The first-order chi connectivity index (χ1) is 14.9. The van der Waals surface area contributed by atoms with E-state index in [9.17, 15) is 0 Å². The molecule has 2 aromatic heterocycles. The molecule has 5 heterocycles. The van der Waals surface area contributed by atoms with Gasteiger partial charge in [0.15, 0.2) is 0 Å². The third-order valence-corrected chi connectivity index (χ3v) is 7.46. The molecule has 0 spiro atoms. The van der Waals surface area contributed by atoms with E-state index in [2.05, 4.69) is 79.7 Å². The van der Waals surface area contributed by atoms with E-state index in [-0.39, 0.29) is 31.3 Å². The SMILES string of the molecule is CC1=C(C)c2cc3[n-]c(cc4nc(cc5[n-]c(cc1n2)C(C)(C)C5)C(C)(C)C4)c(C)c3C.[Pd+2]. The molecule has 0 radical (unpaired) electrons. The van der Waals surface area contributed by atoms with Gasteiger partial charge in [0.25, 0.3) is 0 Å². The number of aryl methyl sites for hydroxylation is 2. The molecular formula is C28H32N4Pd. The minimum Gasteiger partial charge on any atom is -0.664 e. The van der Waals surface area contributed by atoms with Crippen molar-refractivity contribution in [3.63, 3.8) is 0 Å². The molecule has 5 heteroatoms. The van der Waals surface area contributed by atoms with Crippen LogP contribution in [0, 0.1) is 13.8 Å². The van der Waals surface area contributed by atoms with Crippen molar-refractivity contribution >= 4 is 22.2 Å². The van der Waals surface area contributed by atoms with E-state index in [0.717, 1.165) is 58.0 Å². The summed E-state index contributed by atoms with van der Waals surface area (Å²) in [7, 11) is 0. The molecule has 0 N–H and O–H groups in total. The van der Waals surface area contributed by atoms with Crippen LogP contribution in [-0.2, 0) is 44.1 Å². The smallest absolute Gasteiger partial charge is 0.664 e. The Balaban J connectivity index is 0.00000259. The maximum Gasteiger partial charge on any atom is 2.00 e. The second kappa shape index (κ2) is 7.93. The first kappa shape index (κ1) is 23.9. The van der Waals surface area contributed by atoms with E-state index in [0.29, 0.717) is 0 Å². The third-order valence-electron chi connectivity index (χ3n) is 7.46. The summed E-state index contributed by atoms with van der Waals surface area (Å²) in [5, 5.41) is 0. The van der Waals surface area contributed by atoms with Crippen molar-refractivity contribution in [3.8, 4) is 0 Å². The fraction of sp³-hybridized carbons (Fsp3) is 0.429. The van der Waals surface area contributed by atoms with Crippen LogP contribution in [0.5, 0.6) is 0 Å². The number of aromatic nitrogens is 4. The summed E-state index contributed by atoms with van der Waals surface area (Å²) in [5.41, 5.74) is 13.2. The summed E-state index contributed by atoms with van der Waals surface area (Å²) in [6.07, 6.45) is 1.82. The van der Waals surface area contributed by atoms with Crippen LogP contribution in [-0.4, -0.2) is 9.97 Å². The second-order valence-corrected chi connectivity index (χ2v) is 10.9. The molecule has 0 amide bonds. The molecule has 0 aromatic carbocycles. The minimum atomic E-state index is -0.0274. The Morgan fingerprint density at radius 3 is 1.97 bits per heavy atom. The van der Waals surface area contributed by atoms with Gasteiger partial charge in [-0.15, -0.1) is 11.0 Å². The molecule has 3 aliphatic rings. The number of allylic oxidation sites excluding steroid dienone is 2. The standard InChI is InChI=1S/C28H32N4.Pd/c1-15-16(2)22-11-23-17(3)18(4)24(32-23)12-26-28(7,8)14-20(30-26)10-25-27(5,6)13-19(29-25)9-21(15)31-22;/h9-12H,13-14H2,1-8H3;/q-2;+2. The van der Waals surface area contributed by atoms with Crippen molar-refractivity contribution in [1.82, 2.24) is 19.9 Å². The minimum absolute atomic E-state index is 0. The Morgan fingerprint density at radius 2 is 1.30 bits per heavy atom. The molecule has 0 fully saturated rings. The summed E-state index contributed by atoms with van der Waals surface area (Å²) in [6, 6.07) is 8.70. The Bertz CT molecular complexity index is 1370. The number of hydrogen-bond donors (Lipinski definition) is 0.